The van der Waals surface area contributed by atoms with Crippen molar-refractivity contribution in [3.05, 3.63) is 234 Å². The number of anilines is 3. The second kappa shape index (κ2) is 28.9. The number of hydrogen-bond acceptors (Lipinski definition) is 12. The fraction of sp³-hybridized carbons (Fsp3) is 0.115. The molecule has 0 aliphatic carbocycles. The van der Waals surface area contributed by atoms with Crippen LogP contribution in [0.1, 0.15) is 62.2 Å². The Balaban J connectivity index is 0.000000173. The van der Waals surface area contributed by atoms with Crippen molar-refractivity contribution >= 4 is 52.8 Å². The van der Waals surface area contributed by atoms with Crippen molar-refractivity contribution in [2.75, 3.05) is 29.6 Å². The number of carboxylic acids is 2. The van der Waals surface area contributed by atoms with Gasteiger partial charge in [0.2, 0.25) is 5.76 Å². The highest BCUT2D eigenvalue weighted by Crippen LogP contribution is 2.25. The zero-order chi connectivity index (χ0) is 54.9. The van der Waals surface area contributed by atoms with E-state index in [9.17, 15) is 28.8 Å². The van der Waals surface area contributed by atoms with Crippen LogP contribution in [0.5, 0.6) is 0 Å². The van der Waals surface area contributed by atoms with Crippen molar-refractivity contribution < 1.29 is 61.7 Å². The summed E-state index contributed by atoms with van der Waals surface area (Å²) in [5, 5.41) is 22.9. The van der Waals surface area contributed by atoms with Gasteiger partial charge in [-0.2, -0.15) is 0 Å². The van der Waals surface area contributed by atoms with Gasteiger partial charge in [-0.15, -0.1) is 0 Å². The van der Waals surface area contributed by atoms with Gasteiger partial charge in [0.25, 0.3) is 11.8 Å². The number of carboxylic acid groups (broad SMARTS) is 2. The number of rotatable bonds is 16. The van der Waals surface area contributed by atoms with E-state index < -0.39 is 11.9 Å². The highest BCUT2D eigenvalue weighted by Gasteiger charge is 2.15. The first-order valence-corrected chi connectivity index (χ1v) is 24.1. The lowest BCUT2D eigenvalue weighted by Gasteiger charge is -2.05. The Morgan fingerprint density at radius 2 is 0.740 bits per heavy atom. The number of amides is 2. The summed E-state index contributed by atoms with van der Waals surface area (Å²) < 4.78 is 26.1. The van der Waals surface area contributed by atoms with Crippen LogP contribution in [0.4, 0.5) is 17.1 Å². The van der Waals surface area contributed by atoms with Gasteiger partial charge in [-0.1, -0.05) is 127 Å². The Hall–Kier alpha value is -10.2. The number of aromatic carboxylic acids is 1. The molecule has 392 valence electrons. The second-order valence-electron chi connectivity index (χ2n) is 16.5. The maximum atomic E-state index is 12.3. The topological polar surface area (TPSA) is 251 Å². The zero-order valence-electron chi connectivity index (χ0n) is 42.1. The molecule has 0 fully saturated rings. The number of ether oxygens (including phenoxy) is 2. The van der Waals surface area contributed by atoms with Gasteiger partial charge in [0.05, 0.1) is 32.5 Å². The van der Waals surface area contributed by atoms with E-state index in [-0.39, 0.29) is 53.9 Å². The van der Waals surface area contributed by atoms with Crippen molar-refractivity contribution in [3.63, 3.8) is 0 Å². The van der Waals surface area contributed by atoms with Crippen LogP contribution < -0.4 is 16.4 Å². The molecular weight excluding hydrogens is 983 g/mol. The fourth-order valence-electron chi connectivity index (χ4n) is 7.01. The van der Waals surface area contributed by atoms with Gasteiger partial charge < -0.3 is 49.3 Å². The number of hydrogen-bond donors (Lipinski definition) is 5. The van der Waals surface area contributed by atoms with Crippen LogP contribution in [0.25, 0.3) is 34.0 Å². The van der Waals surface area contributed by atoms with E-state index in [1.54, 1.807) is 105 Å². The van der Waals surface area contributed by atoms with Crippen LogP contribution in [0.3, 0.4) is 0 Å². The molecule has 0 bridgehead atoms. The zero-order valence-corrected chi connectivity index (χ0v) is 42.1. The predicted molar refractivity (Wildman–Crippen MR) is 291 cm³/mol. The number of carbonyl (C=O) groups is 6. The van der Waals surface area contributed by atoms with Gasteiger partial charge in [-0.25, -0.2) is 4.79 Å². The molecule has 0 radical (unpaired) electrons. The number of esters is 2. The molecule has 0 atom stereocenters. The molecule has 3 heterocycles. The van der Waals surface area contributed by atoms with Gasteiger partial charge in [0.1, 0.15) is 17.3 Å². The standard InChI is InChI=1S/C21H19NO4.C19H15NO4.C11H8O3.C10H13NO2/c1-2-25-20(23)14-15-8-10-17(11-9-15)22-21(24)19-13-12-18(26-19)16-6-4-3-5-7-16;21-18(22)12-13-6-8-15(9-7-13)20-19(23)17-11-10-16(24-17)14-4-2-1-3-5-14;12-11(13)10-7-6-9(14-10)8-4-2-1-3-5-8;1-2-13-10(12)7-8-3-5-9(11)6-4-8/h3-13H,2,14H2,1H3,(H,22,24);1-11H,12H2,(H,20,23)(H,21,22);1-7H,(H,12,13);3-6H,2,7,11H2,1H3. The summed E-state index contributed by atoms with van der Waals surface area (Å²) in [6.07, 6.45) is 0.474. The number of nitrogen functional groups attached to an aromatic ring is 1. The van der Waals surface area contributed by atoms with E-state index >= 15 is 0 Å². The summed E-state index contributed by atoms with van der Waals surface area (Å²) in [5.41, 5.74) is 12.5. The summed E-state index contributed by atoms with van der Waals surface area (Å²) in [6, 6.07) is 59.3. The number of benzene rings is 6. The molecule has 0 unspecified atom stereocenters. The predicted octanol–water partition coefficient (Wildman–Crippen LogP) is 12.1. The normalized spacial score (nSPS) is 10.2. The van der Waals surface area contributed by atoms with E-state index in [0.29, 0.717) is 59.5 Å². The lowest BCUT2D eigenvalue weighted by Crippen LogP contribution is -2.11. The first-order chi connectivity index (χ1) is 37.3. The third-order valence-electron chi connectivity index (χ3n) is 10.7. The SMILES string of the molecule is CCOC(=O)Cc1ccc(N)cc1.CCOC(=O)Cc1ccc(NC(=O)c2ccc(-c3ccccc3)o2)cc1.O=C(O)Cc1ccc(NC(=O)c2ccc(-c3ccccc3)o2)cc1.O=C(O)c1ccc(-c2ccccc2)o1. The van der Waals surface area contributed by atoms with Gasteiger partial charge in [-0.05, 0) is 103 Å². The molecule has 16 nitrogen and oxygen atoms in total. The van der Waals surface area contributed by atoms with Crippen LogP contribution in [0, 0.1) is 0 Å². The first kappa shape index (κ1) is 56.1. The molecule has 3 aromatic heterocycles. The molecule has 77 heavy (non-hydrogen) atoms. The van der Waals surface area contributed by atoms with Crippen molar-refractivity contribution in [2.45, 2.75) is 33.1 Å². The molecule has 0 saturated heterocycles. The van der Waals surface area contributed by atoms with E-state index in [2.05, 4.69) is 10.6 Å². The minimum absolute atomic E-state index is 0.0381. The molecule has 0 spiro atoms. The summed E-state index contributed by atoms with van der Waals surface area (Å²) in [6.45, 7) is 4.35. The highest BCUT2D eigenvalue weighted by molar-refractivity contribution is 6.03. The van der Waals surface area contributed by atoms with Crippen LogP contribution in [0.15, 0.2) is 213 Å². The molecule has 0 aliphatic heterocycles. The average molecular weight is 1040 g/mol. The molecule has 16 heteroatoms. The third kappa shape index (κ3) is 18.3. The summed E-state index contributed by atoms with van der Waals surface area (Å²) >= 11 is 0. The maximum Gasteiger partial charge on any atom is 0.371 e. The molecule has 0 aliphatic rings. The van der Waals surface area contributed by atoms with Crippen molar-refractivity contribution in [1.82, 2.24) is 0 Å². The van der Waals surface area contributed by atoms with Crippen molar-refractivity contribution in [3.8, 4) is 34.0 Å². The van der Waals surface area contributed by atoms with Crippen LogP contribution in [-0.2, 0) is 43.1 Å². The van der Waals surface area contributed by atoms with Crippen molar-refractivity contribution in [2.24, 2.45) is 0 Å². The van der Waals surface area contributed by atoms with E-state index in [1.807, 2.05) is 103 Å². The minimum atomic E-state index is -1.05. The number of nitrogens with two attached hydrogens (primary N) is 1. The largest absolute Gasteiger partial charge is 0.481 e. The van der Waals surface area contributed by atoms with Crippen LogP contribution >= 0.6 is 0 Å². The Kier molecular flexibility index (Phi) is 21.0. The van der Waals surface area contributed by atoms with E-state index in [4.69, 9.17) is 38.7 Å². The molecule has 0 saturated carbocycles. The Morgan fingerprint density at radius 1 is 0.416 bits per heavy atom. The van der Waals surface area contributed by atoms with Crippen LogP contribution in [-0.4, -0.2) is 59.1 Å². The van der Waals surface area contributed by atoms with Crippen LogP contribution in [0.2, 0.25) is 0 Å². The monoisotopic (exact) mass is 1040 g/mol. The van der Waals surface area contributed by atoms with Gasteiger partial charge >= 0.3 is 23.9 Å². The quantitative estimate of drug-likeness (QED) is 0.0446. The summed E-state index contributed by atoms with van der Waals surface area (Å²) in [4.78, 5) is 68.3. The smallest absolute Gasteiger partial charge is 0.371 e. The van der Waals surface area contributed by atoms with Crippen molar-refractivity contribution in [1.29, 1.82) is 0 Å². The number of nitrogens with one attached hydrogen (secondary N) is 2. The van der Waals surface area contributed by atoms with Gasteiger partial charge in [0.15, 0.2) is 11.5 Å². The number of carbonyl (C=O) groups excluding carboxylic acids is 4. The lowest BCUT2D eigenvalue weighted by molar-refractivity contribution is -0.143. The van der Waals surface area contributed by atoms with Gasteiger partial charge in [0, 0.05) is 33.8 Å². The summed E-state index contributed by atoms with van der Waals surface area (Å²) in [5.74, 6) is -0.857. The highest BCUT2D eigenvalue weighted by atomic mass is 16.5. The molecule has 9 aromatic rings. The summed E-state index contributed by atoms with van der Waals surface area (Å²) in [7, 11) is 0. The van der Waals surface area contributed by atoms with E-state index in [0.717, 1.165) is 27.8 Å². The second-order valence-corrected chi connectivity index (χ2v) is 16.5. The molecule has 6 aromatic carbocycles. The number of furan rings is 3. The molecule has 9 rings (SSSR count). The first-order valence-electron chi connectivity index (χ1n) is 24.1. The average Bonchev–Trinajstić information content (AvgIpc) is 4.26. The maximum absolute atomic E-state index is 12.3. The molecular formula is C61H55N3O13. The Labute approximate surface area is 443 Å². The molecule has 6 N–H and O–H groups in total. The van der Waals surface area contributed by atoms with Gasteiger partial charge in [-0.3, -0.25) is 24.0 Å². The Morgan fingerprint density at radius 3 is 1.06 bits per heavy atom. The minimum Gasteiger partial charge on any atom is -0.481 e. The third-order valence-corrected chi connectivity index (χ3v) is 10.7. The fourth-order valence-corrected chi connectivity index (χ4v) is 7.01. The Bertz CT molecular complexity index is 3310. The molecule has 2 amide bonds. The number of aliphatic carboxylic acids is 1. The lowest BCUT2D eigenvalue weighted by atomic mass is 10.1. The van der Waals surface area contributed by atoms with E-state index in [1.165, 1.54) is 6.07 Å².